The largest absolute Gasteiger partial charge is 0.395 e. The van der Waals surface area contributed by atoms with E-state index in [0.29, 0.717) is 13.1 Å². The lowest BCUT2D eigenvalue weighted by Crippen LogP contribution is -2.30. The van der Waals surface area contributed by atoms with Crippen molar-refractivity contribution < 1.29 is 10.2 Å². The number of allylic oxidation sites excluding steroid dienone is 1. The Bertz CT molecular complexity index is 265. The van der Waals surface area contributed by atoms with Gasteiger partial charge in [0.1, 0.15) is 0 Å². The van der Waals surface area contributed by atoms with E-state index in [1.807, 2.05) is 6.08 Å². The van der Waals surface area contributed by atoms with Crippen molar-refractivity contribution in [2.24, 2.45) is 0 Å². The van der Waals surface area contributed by atoms with E-state index >= 15 is 0 Å². The first kappa shape index (κ1) is 25.6. The molecule has 0 aromatic carbocycles. The van der Waals surface area contributed by atoms with Crippen molar-refractivity contribution in [2.45, 2.75) is 103 Å². The Hall–Kier alpha value is -0.380. The highest BCUT2D eigenvalue weighted by molar-refractivity contribution is 4.65. The first-order valence-electron chi connectivity index (χ1n) is 11.4. The zero-order valence-corrected chi connectivity index (χ0v) is 17.5. The maximum atomic E-state index is 8.98. The first-order valence-corrected chi connectivity index (χ1v) is 11.4. The van der Waals surface area contributed by atoms with E-state index in [4.69, 9.17) is 10.2 Å². The Labute approximate surface area is 163 Å². The molecule has 0 heterocycles. The van der Waals surface area contributed by atoms with Crippen LogP contribution in [0.15, 0.2) is 12.7 Å². The number of hydrogen-bond donors (Lipinski definition) is 2. The number of nitrogens with zero attached hydrogens (tertiary/aromatic N) is 1. The molecule has 3 nitrogen and oxygen atoms in total. The van der Waals surface area contributed by atoms with Crippen LogP contribution in [0.1, 0.15) is 103 Å². The van der Waals surface area contributed by atoms with E-state index in [1.165, 1.54) is 103 Å². The van der Waals surface area contributed by atoms with Gasteiger partial charge in [0.15, 0.2) is 0 Å². The Kier molecular flexibility index (Phi) is 22.3. The molecule has 0 amide bonds. The summed E-state index contributed by atoms with van der Waals surface area (Å²) >= 11 is 0. The molecule has 0 aliphatic carbocycles. The Morgan fingerprint density at radius 3 is 1.19 bits per heavy atom. The zero-order chi connectivity index (χ0) is 19.1. The van der Waals surface area contributed by atoms with Crippen molar-refractivity contribution in [2.75, 3.05) is 32.8 Å². The van der Waals surface area contributed by atoms with Crippen LogP contribution in [0.3, 0.4) is 0 Å². The molecular weight excluding hydrogens is 322 g/mol. The highest BCUT2D eigenvalue weighted by Crippen LogP contribution is 2.13. The minimum absolute atomic E-state index is 0.190. The summed E-state index contributed by atoms with van der Waals surface area (Å²) < 4.78 is 0. The molecule has 0 bridgehead atoms. The second kappa shape index (κ2) is 22.7. The highest BCUT2D eigenvalue weighted by Gasteiger charge is 2.02. The van der Waals surface area contributed by atoms with Crippen molar-refractivity contribution in [3.63, 3.8) is 0 Å². The molecule has 0 radical (unpaired) electrons. The third-order valence-corrected chi connectivity index (χ3v) is 5.22. The van der Waals surface area contributed by atoms with Gasteiger partial charge in [0.25, 0.3) is 0 Å². The standard InChI is InChI=1S/C23H47NO2/c1-2-3-4-5-6-7-8-9-10-11-12-13-14-15-16-17-18-19-24(20-22-25)21-23-26/h2,25-26H,1,3-23H2. The summed E-state index contributed by atoms with van der Waals surface area (Å²) in [7, 11) is 0. The van der Waals surface area contributed by atoms with Gasteiger partial charge in [-0.1, -0.05) is 89.5 Å². The molecule has 26 heavy (non-hydrogen) atoms. The number of aliphatic hydroxyl groups is 2. The van der Waals surface area contributed by atoms with E-state index in [9.17, 15) is 0 Å². The summed E-state index contributed by atoms with van der Waals surface area (Å²) in [6, 6.07) is 0. The number of unbranched alkanes of at least 4 members (excludes halogenated alkanes) is 15. The van der Waals surface area contributed by atoms with Gasteiger partial charge in [0.2, 0.25) is 0 Å². The summed E-state index contributed by atoms with van der Waals surface area (Å²) in [5, 5.41) is 18.0. The molecule has 0 aliphatic rings. The number of aliphatic hydroxyl groups excluding tert-OH is 2. The van der Waals surface area contributed by atoms with Gasteiger partial charge in [-0.05, 0) is 25.8 Å². The molecule has 2 N–H and O–H groups in total. The molecule has 0 unspecified atom stereocenters. The van der Waals surface area contributed by atoms with Crippen LogP contribution in [0.2, 0.25) is 0 Å². The fourth-order valence-corrected chi connectivity index (χ4v) is 3.54. The average Bonchev–Trinajstić information content (AvgIpc) is 2.64. The maximum absolute atomic E-state index is 8.98. The van der Waals surface area contributed by atoms with Gasteiger partial charge < -0.3 is 10.2 Å². The van der Waals surface area contributed by atoms with Crippen LogP contribution >= 0.6 is 0 Å². The van der Waals surface area contributed by atoms with Crippen LogP contribution < -0.4 is 0 Å². The summed E-state index contributed by atoms with van der Waals surface area (Å²) in [6.07, 6.45) is 23.8. The summed E-state index contributed by atoms with van der Waals surface area (Å²) in [6.45, 7) is 6.54. The van der Waals surface area contributed by atoms with Crippen LogP contribution in [-0.4, -0.2) is 48.0 Å². The predicted molar refractivity (Wildman–Crippen MR) is 115 cm³/mol. The third-order valence-electron chi connectivity index (χ3n) is 5.22. The lowest BCUT2D eigenvalue weighted by atomic mass is 10.0. The van der Waals surface area contributed by atoms with Crippen LogP contribution in [0, 0.1) is 0 Å². The fraction of sp³-hybridized carbons (Fsp3) is 0.913. The van der Waals surface area contributed by atoms with Gasteiger partial charge in [-0.2, -0.15) is 0 Å². The molecule has 156 valence electrons. The third kappa shape index (κ3) is 19.9. The van der Waals surface area contributed by atoms with Gasteiger partial charge in [-0.25, -0.2) is 0 Å². The molecule has 0 fully saturated rings. The topological polar surface area (TPSA) is 43.7 Å². The van der Waals surface area contributed by atoms with Crippen LogP contribution in [0.25, 0.3) is 0 Å². The van der Waals surface area contributed by atoms with Crippen LogP contribution in [-0.2, 0) is 0 Å². The Balaban J connectivity index is 3.14. The molecule has 0 aromatic rings. The minimum atomic E-state index is 0.190. The van der Waals surface area contributed by atoms with Crippen molar-refractivity contribution in [1.82, 2.24) is 4.90 Å². The maximum Gasteiger partial charge on any atom is 0.0558 e. The van der Waals surface area contributed by atoms with Crippen molar-refractivity contribution in [3.8, 4) is 0 Å². The summed E-state index contributed by atoms with van der Waals surface area (Å²) in [5.74, 6) is 0. The fourth-order valence-electron chi connectivity index (χ4n) is 3.54. The average molecular weight is 370 g/mol. The summed E-state index contributed by atoms with van der Waals surface area (Å²) in [5.41, 5.74) is 0. The van der Waals surface area contributed by atoms with Crippen molar-refractivity contribution in [1.29, 1.82) is 0 Å². The first-order chi connectivity index (χ1) is 12.8. The quantitative estimate of drug-likeness (QED) is 0.190. The molecule has 0 atom stereocenters. The van der Waals surface area contributed by atoms with Gasteiger partial charge in [-0.3, -0.25) is 4.90 Å². The lowest BCUT2D eigenvalue weighted by molar-refractivity contribution is 0.159. The van der Waals surface area contributed by atoms with Crippen LogP contribution in [0.5, 0.6) is 0 Å². The molecular formula is C23H47NO2. The lowest BCUT2D eigenvalue weighted by Gasteiger charge is -2.19. The molecule has 0 rings (SSSR count). The van der Waals surface area contributed by atoms with E-state index in [-0.39, 0.29) is 13.2 Å². The Morgan fingerprint density at radius 1 is 0.500 bits per heavy atom. The normalized spacial score (nSPS) is 11.3. The van der Waals surface area contributed by atoms with Gasteiger partial charge in [-0.15, -0.1) is 6.58 Å². The van der Waals surface area contributed by atoms with Gasteiger partial charge in [0, 0.05) is 13.1 Å². The highest BCUT2D eigenvalue weighted by atomic mass is 16.3. The predicted octanol–water partition coefficient (Wildman–Crippen LogP) is 5.70. The van der Waals surface area contributed by atoms with Crippen molar-refractivity contribution >= 4 is 0 Å². The smallest absolute Gasteiger partial charge is 0.0558 e. The van der Waals surface area contributed by atoms with E-state index in [1.54, 1.807) is 0 Å². The van der Waals surface area contributed by atoms with E-state index in [0.717, 1.165) is 6.54 Å². The molecule has 0 spiro atoms. The van der Waals surface area contributed by atoms with Gasteiger partial charge >= 0.3 is 0 Å². The van der Waals surface area contributed by atoms with Crippen molar-refractivity contribution in [3.05, 3.63) is 12.7 Å². The number of rotatable bonds is 22. The van der Waals surface area contributed by atoms with E-state index in [2.05, 4.69) is 11.5 Å². The SMILES string of the molecule is C=CCCCCCCCCCCCCCCCCCN(CCO)CCO. The number of hydrogen-bond acceptors (Lipinski definition) is 3. The van der Waals surface area contributed by atoms with Crippen LogP contribution in [0.4, 0.5) is 0 Å². The second-order valence-electron chi connectivity index (χ2n) is 7.67. The molecule has 0 saturated carbocycles. The monoisotopic (exact) mass is 369 g/mol. The molecule has 0 saturated heterocycles. The minimum Gasteiger partial charge on any atom is -0.395 e. The Morgan fingerprint density at radius 2 is 0.846 bits per heavy atom. The van der Waals surface area contributed by atoms with Gasteiger partial charge in [0.05, 0.1) is 13.2 Å². The molecule has 0 aromatic heterocycles. The zero-order valence-electron chi connectivity index (χ0n) is 17.5. The second-order valence-corrected chi connectivity index (χ2v) is 7.67. The molecule has 0 aliphatic heterocycles. The van der Waals surface area contributed by atoms with E-state index < -0.39 is 0 Å². The molecule has 3 heteroatoms. The summed E-state index contributed by atoms with van der Waals surface area (Å²) in [4.78, 5) is 2.15.